The Hall–Kier alpha value is -2.69. The standard InChI is InChI=1S/C20H20F3N3O3S/c1-19(24,12-27)18-26-25-17(30-18)13-7-8-16(15(11-13)20(21,22)23)29-10-9-28-14-5-3-2-4-6-14/h2-8,11,27H,9-10,12,24H2,1H3/t19-/m0/s1. The Kier molecular flexibility index (Phi) is 6.59. The molecule has 0 saturated carbocycles. The summed E-state index contributed by atoms with van der Waals surface area (Å²) in [4.78, 5) is 0. The number of para-hydroxylation sites is 1. The van der Waals surface area contributed by atoms with E-state index in [-0.39, 0.29) is 36.1 Å². The lowest BCUT2D eigenvalue weighted by molar-refractivity contribution is -0.139. The summed E-state index contributed by atoms with van der Waals surface area (Å²) in [5.74, 6) is 0.307. The van der Waals surface area contributed by atoms with Crippen molar-refractivity contribution in [3.63, 3.8) is 0 Å². The van der Waals surface area contributed by atoms with Crippen molar-refractivity contribution in [1.29, 1.82) is 0 Å². The summed E-state index contributed by atoms with van der Waals surface area (Å²) in [6.07, 6.45) is -4.62. The predicted octanol–water partition coefficient (Wildman–Crippen LogP) is 3.85. The van der Waals surface area contributed by atoms with Crippen molar-refractivity contribution in [2.45, 2.75) is 18.6 Å². The Balaban J connectivity index is 1.76. The minimum atomic E-state index is -4.62. The summed E-state index contributed by atoms with van der Waals surface area (Å²) < 4.78 is 51.5. The molecule has 0 aliphatic rings. The largest absolute Gasteiger partial charge is 0.490 e. The van der Waals surface area contributed by atoms with E-state index in [1.54, 1.807) is 31.2 Å². The topological polar surface area (TPSA) is 90.5 Å². The van der Waals surface area contributed by atoms with Crippen LogP contribution in [0, 0.1) is 0 Å². The average Bonchev–Trinajstić information content (AvgIpc) is 3.22. The van der Waals surface area contributed by atoms with Crippen LogP contribution in [0.5, 0.6) is 11.5 Å². The zero-order chi connectivity index (χ0) is 21.8. The van der Waals surface area contributed by atoms with Gasteiger partial charge in [-0.2, -0.15) is 13.2 Å². The van der Waals surface area contributed by atoms with Crippen LogP contribution >= 0.6 is 11.3 Å². The van der Waals surface area contributed by atoms with Gasteiger partial charge in [-0.05, 0) is 37.3 Å². The van der Waals surface area contributed by atoms with E-state index in [4.69, 9.17) is 15.2 Å². The molecule has 0 aliphatic heterocycles. The van der Waals surface area contributed by atoms with Crippen LogP contribution in [0.15, 0.2) is 48.5 Å². The van der Waals surface area contributed by atoms with E-state index in [1.807, 2.05) is 6.07 Å². The lowest BCUT2D eigenvalue weighted by atomic mass is 10.1. The Bertz CT molecular complexity index is 978. The van der Waals surface area contributed by atoms with E-state index < -0.39 is 17.3 Å². The molecule has 0 amide bonds. The summed E-state index contributed by atoms with van der Waals surface area (Å²) in [7, 11) is 0. The first-order valence-corrected chi connectivity index (χ1v) is 9.78. The summed E-state index contributed by atoms with van der Waals surface area (Å²) in [5.41, 5.74) is 4.09. The van der Waals surface area contributed by atoms with Gasteiger partial charge in [0.15, 0.2) is 0 Å². The first-order valence-electron chi connectivity index (χ1n) is 8.97. The Labute approximate surface area is 175 Å². The van der Waals surface area contributed by atoms with Crippen LogP contribution in [0.2, 0.25) is 0 Å². The van der Waals surface area contributed by atoms with E-state index in [0.717, 1.165) is 17.4 Å². The fourth-order valence-electron chi connectivity index (χ4n) is 2.48. The van der Waals surface area contributed by atoms with Crippen LogP contribution < -0.4 is 15.2 Å². The number of aromatic nitrogens is 2. The van der Waals surface area contributed by atoms with Crippen LogP contribution in [0.4, 0.5) is 13.2 Å². The second-order valence-corrected chi connectivity index (χ2v) is 7.68. The summed E-state index contributed by atoms with van der Waals surface area (Å²) in [5, 5.41) is 17.7. The fraction of sp³-hybridized carbons (Fsp3) is 0.300. The molecule has 0 radical (unpaired) electrons. The number of aliphatic hydroxyl groups excluding tert-OH is 1. The molecule has 160 valence electrons. The number of ether oxygens (including phenoxy) is 2. The molecule has 3 aromatic rings. The molecule has 30 heavy (non-hydrogen) atoms. The molecule has 2 aromatic carbocycles. The molecule has 10 heteroatoms. The van der Waals surface area contributed by atoms with E-state index in [1.165, 1.54) is 12.1 Å². The van der Waals surface area contributed by atoms with Gasteiger partial charge >= 0.3 is 6.18 Å². The second-order valence-electron chi connectivity index (χ2n) is 6.71. The maximum Gasteiger partial charge on any atom is 0.419 e. The molecule has 0 bridgehead atoms. The second kappa shape index (κ2) is 8.99. The van der Waals surface area contributed by atoms with Gasteiger partial charge in [0.1, 0.15) is 34.7 Å². The fourth-order valence-corrected chi connectivity index (χ4v) is 3.37. The van der Waals surface area contributed by atoms with Gasteiger partial charge < -0.3 is 20.3 Å². The molecule has 1 aromatic heterocycles. The number of benzene rings is 2. The van der Waals surface area contributed by atoms with Crippen molar-refractivity contribution in [3.8, 4) is 22.1 Å². The lowest BCUT2D eigenvalue weighted by Gasteiger charge is -2.17. The van der Waals surface area contributed by atoms with Crippen LogP contribution in [-0.2, 0) is 11.7 Å². The Morgan fingerprint density at radius 3 is 2.40 bits per heavy atom. The number of alkyl halides is 3. The highest BCUT2D eigenvalue weighted by Gasteiger charge is 2.35. The zero-order valence-corrected chi connectivity index (χ0v) is 16.8. The monoisotopic (exact) mass is 439 g/mol. The first kappa shape index (κ1) is 22.0. The predicted molar refractivity (Wildman–Crippen MR) is 106 cm³/mol. The Morgan fingerprint density at radius 1 is 1.03 bits per heavy atom. The molecule has 0 spiro atoms. The minimum absolute atomic E-state index is 0.0533. The lowest BCUT2D eigenvalue weighted by Crippen LogP contribution is -2.36. The number of halogens is 3. The van der Waals surface area contributed by atoms with Crippen LogP contribution in [0.1, 0.15) is 17.5 Å². The maximum atomic E-state index is 13.6. The molecule has 0 saturated heterocycles. The molecule has 0 unspecified atom stereocenters. The molecule has 1 atom stereocenters. The van der Waals surface area contributed by atoms with Gasteiger partial charge in [-0.25, -0.2) is 0 Å². The summed E-state index contributed by atoms with van der Waals surface area (Å²) >= 11 is 1.03. The number of rotatable bonds is 8. The van der Waals surface area contributed by atoms with Gasteiger partial charge in [0.2, 0.25) is 0 Å². The van der Waals surface area contributed by atoms with Crippen molar-refractivity contribution in [2.24, 2.45) is 5.73 Å². The van der Waals surface area contributed by atoms with Gasteiger partial charge in [-0.15, -0.1) is 10.2 Å². The molecular weight excluding hydrogens is 419 g/mol. The third-order valence-corrected chi connectivity index (χ3v) is 5.38. The maximum absolute atomic E-state index is 13.6. The van der Waals surface area contributed by atoms with Gasteiger partial charge in [0.25, 0.3) is 0 Å². The van der Waals surface area contributed by atoms with Crippen molar-refractivity contribution in [2.75, 3.05) is 19.8 Å². The molecule has 3 N–H and O–H groups in total. The van der Waals surface area contributed by atoms with E-state index in [9.17, 15) is 18.3 Å². The zero-order valence-electron chi connectivity index (χ0n) is 16.0. The SMILES string of the molecule is C[C@](N)(CO)c1nnc(-c2ccc(OCCOc3ccccc3)c(C(F)(F)F)c2)s1. The average molecular weight is 439 g/mol. The highest BCUT2D eigenvalue weighted by molar-refractivity contribution is 7.14. The van der Waals surface area contributed by atoms with E-state index >= 15 is 0 Å². The quantitative estimate of drug-likeness (QED) is 0.518. The third kappa shape index (κ3) is 5.26. The minimum Gasteiger partial charge on any atom is -0.490 e. The molecule has 0 aliphatic carbocycles. The van der Waals surface area contributed by atoms with Gasteiger partial charge in [0, 0.05) is 5.56 Å². The molecular formula is C20H20F3N3O3S. The number of hydrogen-bond donors (Lipinski definition) is 2. The van der Waals surface area contributed by atoms with E-state index in [2.05, 4.69) is 10.2 Å². The molecule has 6 nitrogen and oxygen atoms in total. The van der Waals surface area contributed by atoms with Gasteiger partial charge in [0.05, 0.1) is 17.7 Å². The van der Waals surface area contributed by atoms with Crippen LogP contribution in [0.25, 0.3) is 10.6 Å². The molecule has 3 rings (SSSR count). The molecule has 0 fully saturated rings. The highest BCUT2D eigenvalue weighted by Crippen LogP contribution is 2.39. The van der Waals surface area contributed by atoms with Gasteiger partial charge in [-0.3, -0.25) is 0 Å². The summed E-state index contributed by atoms with van der Waals surface area (Å²) in [6.45, 7) is 1.24. The van der Waals surface area contributed by atoms with Crippen LogP contribution in [-0.4, -0.2) is 35.1 Å². The van der Waals surface area contributed by atoms with Crippen molar-refractivity contribution >= 4 is 11.3 Å². The highest BCUT2D eigenvalue weighted by atomic mass is 32.1. The smallest absolute Gasteiger partial charge is 0.419 e. The van der Waals surface area contributed by atoms with Crippen molar-refractivity contribution in [3.05, 3.63) is 59.1 Å². The van der Waals surface area contributed by atoms with Crippen LogP contribution in [0.3, 0.4) is 0 Å². The Morgan fingerprint density at radius 2 is 1.73 bits per heavy atom. The number of nitrogens with zero attached hydrogens (tertiary/aromatic N) is 2. The van der Waals surface area contributed by atoms with Crippen molar-refractivity contribution in [1.82, 2.24) is 10.2 Å². The van der Waals surface area contributed by atoms with E-state index in [0.29, 0.717) is 10.8 Å². The van der Waals surface area contributed by atoms with Crippen molar-refractivity contribution < 1.29 is 27.8 Å². The number of nitrogens with two attached hydrogens (primary N) is 1. The number of hydrogen-bond acceptors (Lipinski definition) is 7. The first-order chi connectivity index (χ1) is 14.2. The summed E-state index contributed by atoms with van der Waals surface area (Å²) in [6, 6.07) is 12.6. The molecule has 1 heterocycles. The number of aliphatic hydroxyl groups is 1. The van der Waals surface area contributed by atoms with Gasteiger partial charge in [-0.1, -0.05) is 29.5 Å². The normalized spacial score (nSPS) is 13.7. The third-order valence-electron chi connectivity index (χ3n) is 4.13.